The molecule has 0 radical (unpaired) electrons. The molecule has 1 saturated carbocycles. The second kappa shape index (κ2) is 7.37. The van der Waals surface area contributed by atoms with Gasteiger partial charge in [0.2, 0.25) is 0 Å². The molecule has 2 N–H and O–H groups in total. The van der Waals surface area contributed by atoms with Crippen LogP contribution in [0.1, 0.15) is 47.8 Å². The molecule has 8 heteroatoms. The van der Waals surface area contributed by atoms with Crippen LogP contribution in [0.5, 0.6) is 0 Å². The molecule has 0 saturated heterocycles. The van der Waals surface area contributed by atoms with Gasteiger partial charge in [-0.25, -0.2) is 14.5 Å². The van der Waals surface area contributed by atoms with E-state index >= 15 is 0 Å². The van der Waals surface area contributed by atoms with Crippen LogP contribution in [0, 0.1) is 5.82 Å². The summed E-state index contributed by atoms with van der Waals surface area (Å²) in [5.41, 5.74) is 1.53. The van der Waals surface area contributed by atoms with Crippen LogP contribution in [-0.2, 0) is 0 Å². The van der Waals surface area contributed by atoms with E-state index in [0.29, 0.717) is 16.7 Å². The standard InChI is InChI=1S/C22H20FN5O2/c23-14-9-10-28-18(12-24-19(28)11-14)22(30)25-15-7-5-13(6-8-15)20-16-3-1-2-4-17(16)21(29)27-26-20/h1-4,9-13,15H,5-8H2,(H,25,30)(H,27,29)/t13-,15-. The highest BCUT2D eigenvalue weighted by atomic mass is 19.1. The number of fused-ring (bicyclic) bond motifs is 2. The number of aromatic amines is 1. The largest absolute Gasteiger partial charge is 0.348 e. The quantitative estimate of drug-likeness (QED) is 0.548. The number of hydrogen-bond donors (Lipinski definition) is 2. The van der Waals surface area contributed by atoms with E-state index < -0.39 is 0 Å². The summed E-state index contributed by atoms with van der Waals surface area (Å²) in [6, 6.07) is 10.2. The Bertz CT molecular complexity index is 1300. The van der Waals surface area contributed by atoms with E-state index in [1.807, 2.05) is 24.3 Å². The van der Waals surface area contributed by atoms with E-state index in [9.17, 15) is 14.0 Å². The zero-order valence-electron chi connectivity index (χ0n) is 16.1. The topological polar surface area (TPSA) is 92.1 Å². The Hall–Kier alpha value is -3.55. The SMILES string of the molecule is O=C(N[C@H]1CC[C@H](c2n[nH]c(=O)c3ccccc32)CC1)c1cnc2cc(F)ccn12. The number of benzene rings is 1. The van der Waals surface area contributed by atoms with Gasteiger partial charge in [0.05, 0.1) is 17.3 Å². The lowest BCUT2D eigenvalue weighted by Gasteiger charge is -2.29. The van der Waals surface area contributed by atoms with Gasteiger partial charge in [0.15, 0.2) is 0 Å². The van der Waals surface area contributed by atoms with E-state index in [-0.39, 0.29) is 29.2 Å². The van der Waals surface area contributed by atoms with E-state index in [1.165, 1.54) is 24.5 Å². The van der Waals surface area contributed by atoms with Crippen LogP contribution in [0.15, 0.2) is 53.6 Å². The maximum absolute atomic E-state index is 13.3. The summed E-state index contributed by atoms with van der Waals surface area (Å²) in [6.45, 7) is 0. The summed E-state index contributed by atoms with van der Waals surface area (Å²) >= 11 is 0. The normalized spacial score (nSPS) is 19.2. The molecule has 1 aliphatic rings. The maximum atomic E-state index is 13.3. The molecule has 5 rings (SSSR count). The fourth-order valence-corrected chi connectivity index (χ4v) is 4.34. The molecule has 0 unspecified atom stereocenters. The van der Waals surface area contributed by atoms with Crippen molar-refractivity contribution in [3.63, 3.8) is 0 Å². The van der Waals surface area contributed by atoms with E-state index in [1.54, 1.807) is 4.40 Å². The third-order valence-electron chi connectivity index (χ3n) is 5.88. The number of rotatable bonds is 3. The Morgan fingerprint density at radius 2 is 1.90 bits per heavy atom. The lowest BCUT2D eigenvalue weighted by atomic mass is 9.82. The third-order valence-corrected chi connectivity index (χ3v) is 5.88. The lowest BCUT2D eigenvalue weighted by molar-refractivity contribution is 0.0919. The van der Waals surface area contributed by atoms with Crippen LogP contribution in [-0.4, -0.2) is 31.5 Å². The number of aromatic nitrogens is 4. The summed E-state index contributed by atoms with van der Waals surface area (Å²) in [4.78, 5) is 28.8. The van der Waals surface area contributed by atoms with Crippen molar-refractivity contribution < 1.29 is 9.18 Å². The summed E-state index contributed by atoms with van der Waals surface area (Å²) in [6.07, 6.45) is 6.34. The molecule has 7 nitrogen and oxygen atoms in total. The van der Waals surface area contributed by atoms with Gasteiger partial charge in [-0.3, -0.25) is 14.0 Å². The van der Waals surface area contributed by atoms with Crippen LogP contribution in [0.3, 0.4) is 0 Å². The maximum Gasteiger partial charge on any atom is 0.272 e. The van der Waals surface area contributed by atoms with Gasteiger partial charge in [0, 0.05) is 29.6 Å². The van der Waals surface area contributed by atoms with Crippen molar-refractivity contribution in [2.45, 2.75) is 37.6 Å². The number of imidazole rings is 1. The van der Waals surface area contributed by atoms with Gasteiger partial charge in [0.1, 0.15) is 17.2 Å². The van der Waals surface area contributed by atoms with Crippen molar-refractivity contribution in [1.82, 2.24) is 24.9 Å². The number of carbonyl (C=O) groups is 1. The molecule has 0 bridgehead atoms. The number of pyridine rings is 1. The van der Waals surface area contributed by atoms with Gasteiger partial charge in [-0.15, -0.1) is 0 Å². The first kappa shape index (κ1) is 18.5. The monoisotopic (exact) mass is 405 g/mol. The van der Waals surface area contributed by atoms with Crippen LogP contribution in [0.2, 0.25) is 0 Å². The molecule has 30 heavy (non-hydrogen) atoms. The van der Waals surface area contributed by atoms with Gasteiger partial charge < -0.3 is 5.32 Å². The van der Waals surface area contributed by atoms with Crippen molar-refractivity contribution >= 4 is 22.3 Å². The number of halogens is 1. The molecule has 152 valence electrons. The molecular formula is C22H20FN5O2. The number of nitrogens with one attached hydrogen (secondary N) is 2. The lowest BCUT2D eigenvalue weighted by Crippen LogP contribution is -2.38. The zero-order chi connectivity index (χ0) is 20.7. The minimum absolute atomic E-state index is 0.0498. The van der Waals surface area contributed by atoms with Crippen molar-refractivity contribution in [2.75, 3.05) is 0 Å². The highest BCUT2D eigenvalue weighted by molar-refractivity contribution is 5.93. The van der Waals surface area contributed by atoms with E-state index in [0.717, 1.165) is 36.8 Å². The fraction of sp³-hybridized carbons (Fsp3) is 0.273. The smallest absolute Gasteiger partial charge is 0.272 e. The first-order valence-electron chi connectivity index (χ1n) is 10.0. The Kier molecular flexibility index (Phi) is 4.54. The highest BCUT2D eigenvalue weighted by Gasteiger charge is 2.27. The van der Waals surface area contributed by atoms with Crippen molar-refractivity contribution in [1.29, 1.82) is 0 Å². The zero-order valence-corrected chi connectivity index (χ0v) is 16.1. The van der Waals surface area contributed by atoms with E-state index in [2.05, 4.69) is 20.5 Å². The van der Waals surface area contributed by atoms with Gasteiger partial charge in [-0.2, -0.15) is 5.10 Å². The molecule has 3 aromatic heterocycles. The van der Waals surface area contributed by atoms with Crippen molar-refractivity contribution in [3.05, 3.63) is 76.4 Å². The summed E-state index contributed by atoms with van der Waals surface area (Å²) in [7, 11) is 0. The second-order valence-electron chi connectivity index (χ2n) is 7.72. The molecule has 1 amide bonds. The molecule has 0 aliphatic heterocycles. The number of amides is 1. The molecular weight excluding hydrogens is 385 g/mol. The number of hydrogen-bond acceptors (Lipinski definition) is 4. The predicted octanol–water partition coefficient (Wildman–Crippen LogP) is 3.17. The first-order valence-corrected chi connectivity index (χ1v) is 10.0. The van der Waals surface area contributed by atoms with Gasteiger partial charge in [-0.05, 0) is 37.8 Å². The van der Waals surface area contributed by atoms with E-state index in [4.69, 9.17) is 0 Å². The number of carbonyl (C=O) groups excluding carboxylic acids is 1. The second-order valence-corrected chi connectivity index (χ2v) is 7.72. The molecule has 3 heterocycles. The minimum atomic E-state index is -0.387. The molecule has 0 atom stereocenters. The molecule has 0 spiro atoms. The predicted molar refractivity (Wildman–Crippen MR) is 110 cm³/mol. The van der Waals surface area contributed by atoms with Gasteiger partial charge in [-0.1, -0.05) is 18.2 Å². The number of H-pyrrole nitrogens is 1. The Morgan fingerprint density at radius 1 is 1.13 bits per heavy atom. The Labute approximate surface area is 171 Å². The average molecular weight is 405 g/mol. The first-order chi connectivity index (χ1) is 14.6. The van der Waals surface area contributed by atoms with Crippen LogP contribution >= 0.6 is 0 Å². The highest BCUT2D eigenvalue weighted by Crippen LogP contribution is 2.34. The molecule has 4 aromatic rings. The minimum Gasteiger partial charge on any atom is -0.348 e. The van der Waals surface area contributed by atoms with Crippen LogP contribution in [0.4, 0.5) is 4.39 Å². The molecule has 1 aliphatic carbocycles. The van der Waals surface area contributed by atoms with Gasteiger partial charge >= 0.3 is 0 Å². The third kappa shape index (κ3) is 3.24. The fourth-order valence-electron chi connectivity index (χ4n) is 4.34. The number of nitrogens with zero attached hydrogens (tertiary/aromatic N) is 3. The summed E-state index contributed by atoms with van der Waals surface area (Å²) in [5.74, 6) is -0.370. The van der Waals surface area contributed by atoms with Crippen molar-refractivity contribution in [2.24, 2.45) is 0 Å². The van der Waals surface area contributed by atoms with Crippen LogP contribution in [0.25, 0.3) is 16.4 Å². The van der Waals surface area contributed by atoms with Crippen LogP contribution < -0.4 is 10.9 Å². The Balaban J connectivity index is 1.29. The molecule has 1 fully saturated rings. The summed E-state index contributed by atoms with van der Waals surface area (Å²) < 4.78 is 14.9. The Morgan fingerprint density at radius 3 is 2.70 bits per heavy atom. The average Bonchev–Trinajstić information content (AvgIpc) is 3.18. The molecule has 1 aromatic carbocycles. The van der Waals surface area contributed by atoms with Crippen molar-refractivity contribution in [3.8, 4) is 0 Å². The summed E-state index contributed by atoms with van der Waals surface area (Å²) in [5, 5.41) is 11.6. The van der Waals surface area contributed by atoms with Gasteiger partial charge in [0.25, 0.3) is 11.5 Å².